The largest absolute Gasteiger partial charge is 0.483 e. The number of nitro benzene ring substituents is 1. The van der Waals surface area contributed by atoms with Gasteiger partial charge in [0.25, 0.3) is 11.6 Å². The maximum Gasteiger partial charge on any atom is 0.269 e. The molecule has 0 saturated carbocycles. The van der Waals surface area contributed by atoms with Crippen LogP contribution in [-0.2, 0) is 4.79 Å². The molecule has 0 aliphatic rings. The van der Waals surface area contributed by atoms with E-state index in [1.54, 1.807) is 25.1 Å². The Kier molecular flexibility index (Phi) is 5.57. The Bertz CT molecular complexity index is 767. The molecule has 0 aliphatic heterocycles. The first-order valence-corrected chi connectivity index (χ1v) is 7.66. The summed E-state index contributed by atoms with van der Waals surface area (Å²) in [5.74, 6) is 0.119. The Balaban J connectivity index is 1.98. The number of aryl methyl sites for hydroxylation is 1. The van der Waals surface area contributed by atoms with Crippen molar-refractivity contribution >= 4 is 44.8 Å². The maximum absolute atomic E-state index is 11.9. The lowest BCUT2D eigenvalue weighted by molar-refractivity contribution is -0.384. The third-order valence-corrected chi connectivity index (χ3v) is 3.80. The summed E-state index contributed by atoms with van der Waals surface area (Å²) in [4.78, 5) is 22.1. The molecule has 2 aromatic carbocycles. The Morgan fingerprint density at radius 3 is 2.70 bits per heavy atom. The van der Waals surface area contributed by atoms with E-state index in [4.69, 9.17) is 16.3 Å². The summed E-state index contributed by atoms with van der Waals surface area (Å²) < 4.78 is 6.04. The number of non-ortho nitro benzene ring substituents is 1. The first-order valence-electron chi connectivity index (χ1n) is 6.49. The molecule has 0 heterocycles. The molecule has 1 amide bonds. The van der Waals surface area contributed by atoms with E-state index in [1.165, 1.54) is 18.2 Å². The van der Waals surface area contributed by atoms with Gasteiger partial charge < -0.3 is 10.1 Å². The Labute approximate surface area is 145 Å². The van der Waals surface area contributed by atoms with Gasteiger partial charge in [0.15, 0.2) is 6.61 Å². The lowest BCUT2D eigenvalue weighted by Gasteiger charge is -2.10. The van der Waals surface area contributed by atoms with Gasteiger partial charge in [0.1, 0.15) is 5.75 Å². The van der Waals surface area contributed by atoms with Crippen LogP contribution in [0.4, 0.5) is 11.4 Å². The van der Waals surface area contributed by atoms with Gasteiger partial charge >= 0.3 is 0 Å². The standard InChI is InChI=1S/C15H12BrClN2O4/c1-9-6-11(19(21)22)3-4-13(9)18-15(20)8-23-14-5-2-10(17)7-12(14)16/h2-7H,8H2,1H3,(H,18,20). The molecule has 0 atom stereocenters. The normalized spacial score (nSPS) is 10.2. The van der Waals surface area contributed by atoms with Crippen molar-refractivity contribution in [1.29, 1.82) is 0 Å². The van der Waals surface area contributed by atoms with Crippen LogP contribution < -0.4 is 10.1 Å². The Hall–Kier alpha value is -2.12. The number of amides is 1. The Morgan fingerprint density at radius 1 is 1.35 bits per heavy atom. The van der Waals surface area contributed by atoms with Gasteiger partial charge in [0.2, 0.25) is 0 Å². The molecule has 0 bridgehead atoms. The molecule has 23 heavy (non-hydrogen) atoms. The smallest absolute Gasteiger partial charge is 0.269 e. The fourth-order valence-corrected chi connectivity index (χ4v) is 2.62. The van der Waals surface area contributed by atoms with Gasteiger partial charge in [-0.15, -0.1) is 0 Å². The van der Waals surface area contributed by atoms with E-state index in [2.05, 4.69) is 21.2 Å². The summed E-state index contributed by atoms with van der Waals surface area (Å²) in [7, 11) is 0. The number of nitro groups is 1. The second-order valence-corrected chi connectivity index (χ2v) is 5.96. The summed E-state index contributed by atoms with van der Waals surface area (Å²) in [6, 6.07) is 9.18. The zero-order valence-electron chi connectivity index (χ0n) is 12.0. The highest BCUT2D eigenvalue weighted by molar-refractivity contribution is 9.10. The van der Waals surface area contributed by atoms with Crippen LogP contribution in [-0.4, -0.2) is 17.4 Å². The van der Waals surface area contributed by atoms with Crippen molar-refractivity contribution in [1.82, 2.24) is 0 Å². The summed E-state index contributed by atoms with van der Waals surface area (Å²) in [5.41, 5.74) is 1.07. The zero-order chi connectivity index (χ0) is 17.0. The molecular weight excluding hydrogens is 388 g/mol. The lowest BCUT2D eigenvalue weighted by atomic mass is 10.2. The van der Waals surface area contributed by atoms with Gasteiger partial charge in [-0.1, -0.05) is 11.6 Å². The summed E-state index contributed by atoms with van der Waals surface area (Å²) in [6.07, 6.45) is 0. The molecule has 0 spiro atoms. The molecule has 0 aromatic heterocycles. The Morgan fingerprint density at radius 2 is 2.09 bits per heavy atom. The number of ether oxygens (including phenoxy) is 1. The average Bonchev–Trinajstić information content (AvgIpc) is 2.48. The highest BCUT2D eigenvalue weighted by Gasteiger charge is 2.11. The number of nitrogens with one attached hydrogen (secondary N) is 1. The predicted octanol–water partition coefficient (Wildman–Crippen LogP) is 4.34. The highest BCUT2D eigenvalue weighted by atomic mass is 79.9. The lowest BCUT2D eigenvalue weighted by Crippen LogP contribution is -2.20. The molecule has 2 rings (SSSR count). The molecule has 120 valence electrons. The molecule has 0 radical (unpaired) electrons. The molecule has 6 nitrogen and oxygen atoms in total. The summed E-state index contributed by atoms with van der Waals surface area (Å²) >= 11 is 9.12. The van der Waals surface area contributed by atoms with Crippen LogP contribution in [0.5, 0.6) is 5.75 Å². The monoisotopic (exact) mass is 398 g/mol. The van der Waals surface area contributed by atoms with Gasteiger partial charge in [-0.3, -0.25) is 14.9 Å². The van der Waals surface area contributed by atoms with Crippen molar-refractivity contribution in [2.45, 2.75) is 6.92 Å². The summed E-state index contributed by atoms with van der Waals surface area (Å²) in [6.45, 7) is 1.48. The van der Waals surface area contributed by atoms with Crippen LogP contribution >= 0.6 is 27.5 Å². The van der Waals surface area contributed by atoms with Crippen LogP contribution in [0.2, 0.25) is 5.02 Å². The van der Waals surface area contributed by atoms with Crippen LogP contribution in [0.3, 0.4) is 0 Å². The third kappa shape index (κ3) is 4.67. The van der Waals surface area contributed by atoms with Crippen LogP contribution in [0.25, 0.3) is 0 Å². The van der Waals surface area contributed by atoms with Crippen LogP contribution in [0, 0.1) is 17.0 Å². The van der Waals surface area contributed by atoms with Crippen LogP contribution in [0.1, 0.15) is 5.56 Å². The fourth-order valence-electron chi connectivity index (χ4n) is 1.82. The summed E-state index contributed by atoms with van der Waals surface area (Å²) in [5, 5.41) is 13.9. The van der Waals surface area contributed by atoms with E-state index in [0.29, 0.717) is 26.5 Å². The van der Waals surface area contributed by atoms with Gasteiger partial charge in [0.05, 0.1) is 9.40 Å². The van der Waals surface area contributed by atoms with E-state index in [-0.39, 0.29) is 18.2 Å². The molecule has 0 saturated heterocycles. The van der Waals surface area contributed by atoms with Gasteiger partial charge in [-0.05, 0) is 52.7 Å². The molecule has 8 heteroatoms. The van der Waals surface area contributed by atoms with Gasteiger partial charge in [-0.2, -0.15) is 0 Å². The molecule has 0 fully saturated rings. The quantitative estimate of drug-likeness (QED) is 0.599. The SMILES string of the molecule is Cc1cc([N+](=O)[O-])ccc1NC(=O)COc1ccc(Cl)cc1Br. The number of anilines is 1. The maximum atomic E-state index is 11.9. The molecular formula is C15H12BrClN2O4. The number of hydrogen-bond donors (Lipinski definition) is 1. The second kappa shape index (κ2) is 7.43. The third-order valence-electron chi connectivity index (χ3n) is 2.95. The van der Waals surface area contributed by atoms with Crippen molar-refractivity contribution in [2.75, 3.05) is 11.9 Å². The number of carbonyl (C=O) groups excluding carboxylic acids is 1. The highest BCUT2D eigenvalue weighted by Crippen LogP contribution is 2.28. The van der Waals surface area contributed by atoms with Crippen LogP contribution in [0.15, 0.2) is 40.9 Å². The van der Waals surface area contributed by atoms with Crippen molar-refractivity contribution in [2.24, 2.45) is 0 Å². The number of hydrogen-bond acceptors (Lipinski definition) is 4. The van der Waals surface area contributed by atoms with E-state index in [0.717, 1.165) is 0 Å². The van der Waals surface area contributed by atoms with Gasteiger partial charge in [0, 0.05) is 22.8 Å². The van der Waals surface area contributed by atoms with Crippen molar-refractivity contribution < 1.29 is 14.5 Å². The fraction of sp³-hybridized carbons (Fsp3) is 0.133. The second-order valence-electron chi connectivity index (χ2n) is 4.67. The minimum Gasteiger partial charge on any atom is -0.483 e. The zero-order valence-corrected chi connectivity index (χ0v) is 14.3. The van der Waals surface area contributed by atoms with E-state index in [1.807, 2.05) is 0 Å². The first kappa shape index (κ1) is 17.2. The predicted molar refractivity (Wildman–Crippen MR) is 91.1 cm³/mol. The van der Waals surface area contributed by atoms with E-state index < -0.39 is 4.92 Å². The minimum atomic E-state index is -0.486. The molecule has 0 unspecified atom stereocenters. The van der Waals surface area contributed by atoms with Crippen molar-refractivity contribution in [3.63, 3.8) is 0 Å². The van der Waals surface area contributed by atoms with Crippen molar-refractivity contribution in [3.05, 3.63) is 61.6 Å². The minimum absolute atomic E-state index is 0.0261. The number of benzene rings is 2. The van der Waals surface area contributed by atoms with Gasteiger partial charge in [-0.25, -0.2) is 0 Å². The van der Waals surface area contributed by atoms with E-state index in [9.17, 15) is 14.9 Å². The first-order chi connectivity index (χ1) is 10.9. The topological polar surface area (TPSA) is 81.5 Å². The number of nitrogens with zero attached hydrogens (tertiary/aromatic N) is 1. The van der Waals surface area contributed by atoms with Crippen molar-refractivity contribution in [3.8, 4) is 5.75 Å². The average molecular weight is 400 g/mol. The number of carbonyl (C=O) groups is 1. The molecule has 0 aliphatic carbocycles. The molecule has 2 aromatic rings. The number of rotatable bonds is 5. The number of halogens is 2. The molecule has 1 N–H and O–H groups in total. The van der Waals surface area contributed by atoms with E-state index >= 15 is 0 Å².